The van der Waals surface area contributed by atoms with Crippen LogP contribution in [0.4, 0.5) is 0 Å². The van der Waals surface area contributed by atoms with Crippen LogP contribution in [0.1, 0.15) is 40.0 Å². The highest BCUT2D eigenvalue weighted by molar-refractivity contribution is 7.81. The molecule has 1 heteroatoms. The van der Waals surface area contributed by atoms with Gasteiger partial charge in [-0.1, -0.05) is 20.8 Å². The molecule has 0 spiro atoms. The predicted molar refractivity (Wildman–Crippen MR) is 52.0 cm³/mol. The summed E-state index contributed by atoms with van der Waals surface area (Å²) in [4.78, 5) is 0. The fourth-order valence-electron chi connectivity index (χ4n) is 3.16. The highest BCUT2D eigenvalue weighted by Gasteiger charge is 2.60. The molecule has 0 aliphatic heterocycles. The van der Waals surface area contributed by atoms with Crippen LogP contribution in [0.25, 0.3) is 0 Å². The van der Waals surface area contributed by atoms with Gasteiger partial charge in [0.25, 0.3) is 0 Å². The zero-order chi connectivity index (χ0) is 8.28. The molecule has 2 aliphatic rings. The topological polar surface area (TPSA) is 0 Å². The maximum Gasteiger partial charge on any atom is 0.00786 e. The van der Waals surface area contributed by atoms with Gasteiger partial charge in [0.05, 0.1) is 0 Å². The van der Waals surface area contributed by atoms with E-state index in [0.29, 0.717) is 16.1 Å². The molecule has 0 aromatic rings. The lowest BCUT2D eigenvalue weighted by Gasteiger charge is -2.37. The van der Waals surface area contributed by atoms with E-state index in [1.54, 1.807) is 0 Å². The molecule has 11 heavy (non-hydrogen) atoms. The van der Waals surface area contributed by atoms with Crippen molar-refractivity contribution in [3.05, 3.63) is 0 Å². The van der Waals surface area contributed by atoms with Crippen LogP contribution in [-0.4, -0.2) is 5.25 Å². The Morgan fingerprint density at radius 3 is 2.09 bits per heavy atom. The molecule has 2 saturated carbocycles. The molecule has 0 nitrogen and oxygen atoms in total. The first kappa shape index (κ1) is 7.97. The van der Waals surface area contributed by atoms with Crippen LogP contribution < -0.4 is 0 Å². The standard InChI is InChI=1S/C10H18S/c1-9(2)7-4-5-10(9,3)8(11)6-7/h7-8,11H,4-6H2,1-3H3/t7-,8+,10-/m0/s1. The summed E-state index contributed by atoms with van der Waals surface area (Å²) in [7, 11) is 0. The normalized spacial score (nSPS) is 53.5. The van der Waals surface area contributed by atoms with Crippen molar-refractivity contribution in [2.75, 3.05) is 0 Å². The smallest absolute Gasteiger partial charge is 0.00786 e. The molecule has 3 atom stereocenters. The van der Waals surface area contributed by atoms with Crippen LogP contribution in [0.2, 0.25) is 0 Å². The van der Waals surface area contributed by atoms with Gasteiger partial charge in [-0.25, -0.2) is 0 Å². The van der Waals surface area contributed by atoms with Crippen molar-refractivity contribution in [2.45, 2.75) is 45.3 Å². The summed E-state index contributed by atoms with van der Waals surface area (Å²) in [6, 6.07) is 0. The first-order valence-corrected chi connectivity index (χ1v) is 5.18. The Labute approximate surface area is 75.2 Å². The predicted octanol–water partition coefficient (Wildman–Crippen LogP) is 3.13. The zero-order valence-electron chi connectivity index (χ0n) is 7.72. The number of thiol groups is 1. The van der Waals surface area contributed by atoms with Crippen LogP contribution in [-0.2, 0) is 0 Å². The van der Waals surface area contributed by atoms with Crippen LogP contribution in [0.5, 0.6) is 0 Å². The molecule has 0 aromatic carbocycles. The average Bonchev–Trinajstić information content (AvgIpc) is 2.20. The number of fused-ring (bicyclic) bond motifs is 2. The Kier molecular flexibility index (Phi) is 1.44. The fraction of sp³-hybridized carbons (Fsp3) is 1.00. The lowest BCUT2D eigenvalue weighted by molar-refractivity contribution is 0.157. The Morgan fingerprint density at radius 1 is 1.27 bits per heavy atom. The van der Waals surface area contributed by atoms with Crippen molar-refractivity contribution >= 4 is 12.6 Å². The molecule has 0 N–H and O–H groups in total. The molecular weight excluding hydrogens is 152 g/mol. The Hall–Kier alpha value is 0.350. The molecule has 0 saturated heterocycles. The van der Waals surface area contributed by atoms with Gasteiger partial charge in [0, 0.05) is 5.25 Å². The molecule has 0 unspecified atom stereocenters. The minimum absolute atomic E-state index is 0.529. The van der Waals surface area contributed by atoms with Gasteiger partial charge in [-0.05, 0) is 36.0 Å². The average molecular weight is 170 g/mol. The van der Waals surface area contributed by atoms with Gasteiger partial charge in [-0.2, -0.15) is 12.6 Å². The third-order valence-corrected chi connectivity index (χ3v) is 5.53. The summed E-state index contributed by atoms with van der Waals surface area (Å²) in [5.74, 6) is 0.954. The van der Waals surface area contributed by atoms with Gasteiger partial charge >= 0.3 is 0 Å². The van der Waals surface area contributed by atoms with E-state index in [2.05, 4.69) is 20.8 Å². The Morgan fingerprint density at radius 2 is 1.91 bits per heavy atom. The molecule has 0 aromatic heterocycles. The van der Waals surface area contributed by atoms with Crippen molar-refractivity contribution in [2.24, 2.45) is 16.7 Å². The van der Waals surface area contributed by atoms with Gasteiger partial charge in [0.15, 0.2) is 0 Å². The monoisotopic (exact) mass is 170 g/mol. The highest BCUT2D eigenvalue weighted by atomic mass is 32.1. The van der Waals surface area contributed by atoms with Crippen LogP contribution in [0, 0.1) is 16.7 Å². The lowest BCUT2D eigenvalue weighted by atomic mass is 9.71. The molecule has 0 heterocycles. The first-order chi connectivity index (χ1) is 4.98. The summed E-state index contributed by atoms with van der Waals surface area (Å²) in [5.41, 5.74) is 1.08. The van der Waals surface area contributed by atoms with Crippen LogP contribution in [0.3, 0.4) is 0 Å². The number of rotatable bonds is 0. The van der Waals surface area contributed by atoms with E-state index in [-0.39, 0.29) is 0 Å². The van der Waals surface area contributed by atoms with Crippen molar-refractivity contribution in [3.8, 4) is 0 Å². The second kappa shape index (κ2) is 1.99. The summed E-state index contributed by atoms with van der Waals surface area (Å²) in [6.45, 7) is 7.29. The van der Waals surface area contributed by atoms with Crippen LogP contribution >= 0.6 is 12.6 Å². The van der Waals surface area contributed by atoms with E-state index >= 15 is 0 Å². The molecule has 0 radical (unpaired) electrons. The van der Waals surface area contributed by atoms with Crippen molar-refractivity contribution in [1.29, 1.82) is 0 Å². The summed E-state index contributed by atoms with van der Waals surface area (Å²) < 4.78 is 0. The maximum absolute atomic E-state index is 4.70. The summed E-state index contributed by atoms with van der Waals surface area (Å²) in [6.07, 6.45) is 4.20. The number of hydrogen-bond donors (Lipinski definition) is 1. The van der Waals surface area contributed by atoms with Gasteiger partial charge in [0.1, 0.15) is 0 Å². The van der Waals surface area contributed by atoms with E-state index in [1.165, 1.54) is 19.3 Å². The largest absolute Gasteiger partial charge is 0.175 e. The maximum atomic E-state index is 4.70. The summed E-state index contributed by atoms with van der Waals surface area (Å²) in [5, 5.41) is 0.663. The van der Waals surface area contributed by atoms with E-state index < -0.39 is 0 Å². The van der Waals surface area contributed by atoms with Crippen molar-refractivity contribution < 1.29 is 0 Å². The zero-order valence-corrected chi connectivity index (χ0v) is 8.62. The second-order valence-electron chi connectivity index (χ2n) is 5.13. The first-order valence-electron chi connectivity index (χ1n) is 4.66. The van der Waals surface area contributed by atoms with E-state index in [9.17, 15) is 0 Å². The molecule has 2 bridgehead atoms. The number of hydrogen-bond acceptors (Lipinski definition) is 1. The van der Waals surface area contributed by atoms with Gasteiger partial charge < -0.3 is 0 Å². The van der Waals surface area contributed by atoms with Gasteiger partial charge in [-0.3, -0.25) is 0 Å². The SMILES string of the molecule is CC1(C)[C@H]2CC[C@@]1(C)[C@H](S)C2. The fourth-order valence-corrected chi connectivity index (χ4v) is 3.88. The molecular formula is C10H18S. The minimum Gasteiger partial charge on any atom is -0.175 e. The van der Waals surface area contributed by atoms with Gasteiger partial charge in [-0.15, -0.1) is 0 Å². The highest BCUT2D eigenvalue weighted by Crippen LogP contribution is 2.66. The minimum atomic E-state index is 0.529. The van der Waals surface area contributed by atoms with E-state index in [4.69, 9.17) is 12.6 Å². The Bertz CT molecular complexity index is 185. The third kappa shape index (κ3) is 0.734. The van der Waals surface area contributed by atoms with Crippen molar-refractivity contribution in [1.82, 2.24) is 0 Å². The second-order valence-corrected chi connectivity index (χ2v) is 5.75. The van der Waals surface area contributed by atoms with E-state index in [1.807, 2.05) is 0 Å². The quantitative estimate of drug-likeness (QED) is 0.531. The van der Waals surface area contributed by atoms with Gasteiger partial charge in [0.2, 0.25) is 0 Å². The molecule has 64 valence electrons. The van der Waals surface area contributed by atoms with Crippen molar-refractivity contribution in [3.63, 3.8) is 0 Å². The van der Waals surface area contributed by atoms with Crippen LogP contribution in [0.15, 0.2) is 0 Å². The molecule has 2 rings (SSSR count). The molecule has 2 fully saturated rings. The summed E-state index contributed by atoms with van der Waals surface area (Å²) >= 11 is 4.70. The van der Waals surface area contributed by atoms with E-state index in [0.717, 1.165) is 5.92 Å². The molecule has 0 amide bonds. The third-order valence-electron chi connectivity index (χ3n) is 4.75. The lowest BCUT2D eigenvalue weighted by Crippen LogP contribution is -2.32. The molecule has 2 aliphatic carbocycles. The Balaban J connectivity index is 2.40.